The van der Waals surface area contributed by atoms with Gasteiger partial charge in [-0.15, -0.1) is 0 Å². The third-order valence-corrected chi connectivity index (χ3v) is 5.13. The first-order valence-electron chi connectivity index (χ1n) is 7.58. The zero-order chi connectivity index (χ0) is 16.3. The van der Waals surface area contributed by atoms with Gasteiger partial charge in [0.1, 0.15) is 0 Å². The number of hydrogen-bond donors (Lipinski definition) is 1. The predicted octanol–water partition coefficient (Wildman–Crippen LogP) is 4.44. The summed E-state index contributed by atoms with van der Waals surface area (Å²) in [6, 6.07) is 16.7. The molecule has 0 fully saturated rings. The topological polar surface area (TPSA) is 29.1 Å². The Morgan fingerprint density at radius 3 is 2.09 bits per heavy atom. The molecule has 2 nitrogen and oxygen atoms in total. The highest BCUT2D eigenvalue weighted by Crippen LogP contribution is 2.25. The zero-order valence-electron chi connectivity index (χ0n) is 14.0. The van der Waals surface area contributed by atoms with Crippen LogP contribution in [0.1, 0.15) is 49.1 Å². The van der Waals surface area contributed by atoms with E-state index in [1.54, 1.807) is 0 Å². The lowest BCUT2D eigenvalue weighted by atomic mass is 9.97. The highest BCUT2D eigenvalue weighted by atomic mass is 32.2. The lowest BCUT2D eigenvalue weighted by Crippen LogP contribution is -2.36. The van der Waals surface area contributed by atoms with Crippen molar-refractivity contribution in [2.45, 2.75) is 45.4 Å². The Balaban J connectivity index is 2.40. The van der Waals surface area contributed by atoms with Gasteiger partial charge in [-0.05, 0) is 45.7 Å². The van der Waals surface area contributed by atoms with Crippen LogP contribution >= 0.6 is 0 Å². The van der Waals surface area contributed by atoms with E-state index in [-0.39, 0.29) is 10.8 Å². The molecule has 0 aliphatic heterocycles. The van der Waals surface area contributed by atoms with Gasteiger partial charge in [-0.3, -0.25) is 0 Å². The quantitative estimate of drug-likeness (QED) is 0.887. The van der Waals surface area contributed by atoms with Crippen LogP contribution in [0.15, 0.2) is 48.5 Å². The van der Waals surface area contributed by atoms with Crippen molar-refractivity contribution in [1.82, 2.24) is 4.72 Å². The lowest BCUT2D eigenvalue weighted by molar-refractivity contribution is 0.623. The SMILES string of the molecule is Cc1ccc([C@H](N[S@](=O)C(C)(C)C)c2cccc(C)c2)cc1. The van der Waals surface area contributed by atoms with Crippen LogP contribution in [0, 0.1) is 13.8 Å². The molecule has 0 radical (unpaired) electrons. The van der Waals surface area contributed by atoms with E-state index in [2.05, 4.69) is 61.0 Å². The minimum atomic E-state index is -1.13. The molecule has 0 amide bonds. The predicted molar refractivity (Wildman–Crippen MR) is 95.2 cm³/mol. The smallest absolute Gasteiger partial charge is 0.0979 e. The summed E-state index contributed by atoms with van der Waals surface area (Å²) in [7, 11) is -1.13. The Kier molecular flexibility index (Phi) is 5.20. The van der Waals surface area contributed by atoms with Crippen molar-refractivity contribution >= 4 is 11.0 Å². The first-order chi connectivity index (χ1) is 10.3. The summed E-state index contributed by atoms with van der Waals surface area (Å²) in [5.74, 6) is 0. The minimum Gasteiger partial charge on any atom is -0.242 e. The minimum absolute atomic E-state index is 0.0689. The third kappa shape index (κ3) is 4.28. The van der Waals surface area contributed by atoms with Gasteiger partial charge in [-0.2, -0.15) is 0 Å². The molecule has 0 saturated carbocycles. The summed E-state index contributed by atoms with van der Waals surface area (Å²) in [4.78, 5) is 0. The van der Waals surface area contributed by atoms with E-state index in [4.69, 9.17) is 0 Å². The summed E-state index contributed by atoms with van der Waals surface area (Å²) in [6.07, 6.45) is 0. The van der Waals surface area contributed by atoms with Gasteiger partial charge in [0.05, 0.1) is 21.8 Å². The van der Waals surface area contributed by atoms with Crippen molar-refractivity contribution in [1.29, 1.82) is 0 Å². The maximum atomic E-state index is 12.6. The van der Waals surface area contributed by atoms with Crippen molar-refractivity contribution in [2.24, 2.45) is 0 Å². The van der Waals surface area contributed by atoms with Crippen LogP contribution in [0.4, 0.5) is 0 Å². The van der Waals surface area contributed by atoms with E-state index in [1.165, 1.54) is 11.1 Å². The van der Waals surface area contributed by atoms with Gasteiger partial charge in [0, 0.05) is 0 Å². The largest absolute Gasteiger partial charge is 0.242 e. The second-order valence-corrected chi connectivity index (χ2v) is 8.75. The standard InChI is InChI=1S/C19H25NOS/c1-14-9-11-16(12-10-14)18(20-22(21)19(3,4)5)17-8-6-7-15(2)13-17/h6-13,18,20H,1-5H3/t18-,22+/m0/s1. The van der Waals surface area contributed by atoms with E-state index < -0.39 is 11.0 Å². The summed E-state index contributed by atoms with van der Waals surface area (Å²) < 4.78 is 15.6. The Morgan fingerprint density at radius 1 is 0.909 bits per heavy atom. The lowest BCUT2D eigenvalue weighted by Gasteiger charge is -2.25. The number of rotatable bonds is 4. The fourth-order valence-corrected chi connectivity index (χ4v) is 3.06. The maximum Gasteiger partial charge on any atom is 0.0979 e. The van der Waals surface area contributed by atoms with Crippen LogP contribution in [0.25, 0.3) is 0 Å². The summed E-state index contributed by atoms with van der Waals surface area (Å²) in [5.41, 5.74) is 4.71. The molecule has 0 unspecified atom stereocenters. The fourth-order valence-electron chi connectivity index (χ4n) is 2.22. The van der Waals surface area contributed by atoms with Gasteiger partial charge in [-0.1, -0.05) is 59.7 Å². The monoisotopic (exact) mass is 315 g/mol. The van der Waals surface area contributed by atoms with Gasteiger partial charge >= 0.3 is 0 Å². The Morgan fingerprint density at radius 2 is 1.55 bits per heavy atom. The summed E-state index contributed by atoms with van der Waals surface area (Å²) in [5, 5.41) is 0. The molecule has 0 aromatic heterocycles. The Bertz CT molecular complexity index is 656. The van der Waals surface area contributed by atoms with Gasteiger partial charge < -0.3 is 0 Å². The van der Waals surface area contributed by atoms with Crippen LogP contribution in [-0.4, -0.2) is 8.96 Å². The second kappa shape index (κ2) is 6.76. The zero-order valence-corrected chi connectivity index (χ0v) is 14.8. The average molecular weight is 315 g/mol. The molecule has 0 spiro atoms. The van der Waals surface area contributed by atoms with Crippen LogP contribution in [0.3, 0.4) is 0 Å². The molecule has 22 heavy (non-hydrogen) atoms. The molecule has 0 saturated heterocycles. The van der Waals surface area contributed by atoms with Crippen molar-refractivity contribution in [3.05, 3.63) is 70.8 Å². The van der Waals surface area contributed by atoms with E-state index in [1.807, 2.05) is 26.8 Å². The Labute approximate surface area is 136 Å². The normalized spacial score (nSPS) is 14.6. The van der Waals surface area contributed by atoms with Gasteiger partial charge in [0.2, 0.25) is 0 Å². The molecule has 2 aromatic rings. The number of aryl methyl sites for hydroxylation is 2. The Hall–Kier alpha value is -1.45. The first-order valence-corrected chi connectivity index (χ1v) is 8.73. The van der Waals surface area contributed by atoms with Crippen LogP contribution in [-0.2, 0) is 11.0 Å². The van der Waals surface area contributed by atoms with Gasteiger partial charge in [0.25, 0.3) is 0 Å². The van der Waals surface area contributed by atoms with Crippen molar-refractivity contribution in [3.8, 4) is 0 Å². The van der Waals surface area contributed by atoms with E-state index in [0.717, 1.165) is 11.1 Å². The highest BCUT2D eigenvalue weighted by molar-refractivity contribution is 7.84. The van der Waals surface area contributed by atoms with E-state index in [0.29, 0.717) is 0 Å². The molecule has 2 rings (SSSR count). The maximum absolute atomic E-state index is 12.6. The molecule has 1 N–H and O–H groups in total. The third-order valence-electron chi connectivity index (χ3n) is 3.57. The van der Waals surface area contributed by atoms with Crippen molar-refractivity contribution in [2.75, 3.05) is 0 Å². The molecule has 3 heteroatoms. The molecule has 0 aliphatic rings. The molecular formula is C19H25NOS. The fraction of sp³-hybridized carbons (Fsp3) is 0.368. The molecule has 2 aromatic carbocycles. The molecular weight excluding hydrogens is 290 g/mol. The average Bonchev–Trinajstić information content (AvgIpc) is 2.44. The number of benzene rings is 2. The highest BCUT2D eigenvalue weighted by Gasteiger charge is 2.24. The van der Waals surface area contributed by atoms with E-state index in [9.17, 15) is 4.21 Å². The number of nitrogens with one attached hydrogen (secondary N) is 1. The second-order valence-electron chi connectivity index (χ2n) is 6.76. The van der Waals surface area contributed by atoms with Crippen LogP contribution in [0.2, 0.25) is 0 Å². The van der Waals surface area contributed by atoms with Gasteiger partial charge in [-0.25, -0.2) is 8.93 Å². The molecule has 0 bridgehead atoms. The van der Waals surface area contributed by atoms with Crippen molar-refractivity contribution in [3.63, 3.8) is 0 Å². The van der Waals surface area contributed by atoms with Gasteiger partial charge in [0.15, 0.2) is 0 Å². The first kappa shape index (κ1) is 16.9. The molecule has 0 heterocycles. The molecule has 2 atom stereocenters. The van der Waals surface area contributed by atoms with Crippen LogP contribution in [0.5, 0.6) is 0 Å². The molecule has 0 aliphatic carbocycles. The molecule has 118 valence electrons. The number of hydrogen-bond acceptors (Lipinski definition) is 1. The summed E-state index contributed by atoms with van der Waals surface area (Å²) >= 11 is 0. The summed E-state index contributed by atoms with van der Waals surface area (Å²) in [6.45, 7) is 10.1. The van der Waals surface area contributed by atoms with E-state index >= 15 is 0 Å². The van der Waals surface area contributed by atoms with Crippen LogP contribution < -0.4 is 4.72 Å². The van der Waals surface area contributed by atoms with Crippen molar-refractivity contribution < 1.29 is 4.21 Å².